The molecule has 4 nitrogen and oxygen atoms in total. The summed E-state index contributed by atoms with van der Waals surface area (Å²) >= 11 is 0. The van der Waals surface area contributed by atoms with Crippen molar-refractivity contribution < 1.29 is 4.74 Å². The Morgan fingerprint density at radius 2 is 1.86 bits per heavy atom. The van der Waals surface area contributed by atoms with Crippen LogP contribution >= 0.6 is 0 Å². The fourth-order valence-corrected chi connectivity index (χ4v) is 2.35. The summed E-state index contributed by atoms with van der Waals surface area (Å²) in [7, 11) is 1.77. The molecule has 2 aromatic rings. The quantitative estimate of drug-likeness (QED) is 0.851. The van der Waals surface area contributed by atoms with Crippen molar-refractivity contribution in [2.24, 2.45) is 7.05 Å². The first-order valence-corrected chi connectivity index (χ1v) is 7.02. The van der Waals surface area contributed by atoms with Gasteiger partial charge in [0.2, 0.25) is 0 Å². The van der Waals surface area contributed by atoms with Crippen molar-refractivity contribution in [2.75, 3.05) is 0 Å². The summed E-state index contributed by atoms with van der Waals surface area (Å²) in [6.45, 7) is 9.98. The number of rotatable bonds is 2. The Labute approximate surface area is 125 Å². The molecule has 0 bridgehead atoms. The lowest BCUT2D eigenvalue weighted by Gasteiger charge is -2.22. The summed E-state index contributed by atoms with van der Waals surface area (Å²) in [5.41, 5.74) is 3.41. The molecule has 21 heavy (non-hydrogen) atoms. The molecular formula is C17H22N2O2. The summed E-state index contributed by atoms with van der Waals surface area (Å²) in [5, 5.41) is 0. The van der Waals surface area contributed by atoms with Gasteiger partial charge in [-0.05, 0) is 58.4 Å². The lowest BCUT2D eigenvalue weighted by molar-refractivity contribution is 0.131. The second-order valence-corrected chi connectivity index (χ2v) is 6.28. The molecule has 1 aromatic carbocycles. The summed E-state index contributed by atoms with van der Waals surface area (Å²) in [6, 6.07) is 5.92. The van der Waals surface area contributed by atoms with Gasteiger partial charge in [0.25, 0.3) is 5.56 Å². The maximum atomic E-state index is 11.8. The second-order valence-electron chi connectivity index (χ2n) is 6.28. The van der Waals surface area contributed by atoms with Crippen LogP contribution in [0.2, 0.25) is 0 Å². The second kappa shape index (κ2) is 5.35. The van der Waals surface area contributed by atoms with E-state index < -0.39 is 0 Å². The molecule has 0 aliphatic rings. The first-order chi connectivity index (χ1) is 9.69. The number of aromatic nitrogens is 2. The van der Waals surface area contributed by atoms with Crippen LogP contribution in [0.4, 0.5) is 0 Å². The van der Waals surface area contributed by atoms with Crippen molar-refractivity contribution in [3.63, 3.8) is 0 Å². The molecule has 0 saturated heterocycles. The third kappa shape index (κ3) is 3.32. The zero-order valence-corrected chi connectivity index (χ0v) is 13.5. The van der Waals surface area contributed by atoms with Gasteiger partial charge in [0.05, 0.1) is 17.6 Å². The Bertz CT molecular complexity index is 725. The van der Waals surface area contributed by atoms with Crippen LogP contribution < -0.4 is 10.3 Å². The molecule has 0 atom stereocenters. The molecule has 1 aromatic heterocycles. The van der Waals surface area contributed by atoms with Crippen molar-refractivity contribution >= 4 is 0 Å². The van der Waals surface area contributed by atoms with Gasteiger partial charge >= 0.3 is 0 Å². The van der Waals surface area contributed by atoms with E-state index in [-0.39, 0.29) is 11.2 Å². The topological polar surface area (TPSA) is 44.1 Å². The van der Waals surface area contributed by atoms with Gasteiger partial charge in [-0.1, -0.05) is 0 Å². The molecule has 0 saturated carbocycles. The fourth-order valence-electron chi connectivity index (χ4n) is 2.35. The highest BCUT2D eigenvalue weighted by atomic mass is 16.5. The minimum Gasteiger partial charge on any atom is -0.488 e. The summed E-state index contributed by atoms with van der Waals surface area (Å²) < 4.78 is 7.51. The average molecular weight is 286 g/mol. The van der Waals surface area contributed by atoms with Crippen molar-refractivity contribution in [1.82, 2.24) is 9.55 Å². The lowest BCUT2D eigenvalue weighted by atomic mass is 10.0. The average Bonchev–Trinajstić information content (AvgIpc) is 2.35. The van der Waals surface area contributed by atoms with E-state index in [2.05, 4.69) is 4.98 Å². The third-order valence-electron chi connectivity index (χ3n) is 3.25. The van der Waals surface area contributed by atoms with Crippen LogP contribution in [0.3, 0.4) is 0 Å². The Hall–Kier alpha value is -2.10. The van der Waals surface area contributed by atoms with Crippen LogP contribution in [0.25, 0.3) is 11.3 Å². The largest absolute Gasteiger partial charge is 0.488 e. The normalized spacial score (nSPS) is 11.5. The molecule has 1 heterocycles. The standard InChI is InChI=1S/C17H22N2O2/c1-11-9-13(21-17(3,4)5)7-8-14(11)16-12(2)18-10-15(20)19(16)6/h7-10H,1-6H3. The van der Waals surface area contributed by atoms with Gasteiger partial charge in [-0.15, -0.1) is 0 Å². The van der Waals surface area contributed by atoms with E-state index in [1.54, 1.807) is 11.6 Å². The number of hydrogen-bond acceptors (Lipinski definition) is 3. The molecule has 2 rings (SSSR count). The van der Waals surface area contributed by atoms with Crippen LogP contribution in [-0.4, -0.2) is 15.2 Å². The minimum atomic E-state index is -0.231. The number of ether oxygens (including phenoxy) is 1. The van der Waals surface area contributed by atoms with Gasteiger partial charge in [0.1, 0.15) is 11.4 Å². The highest BCUT2D eigenvalue weighted by molar-refractivity contribution is 5.67. The van der Waals surface area contributed by atoms with Gasteiger partial charge in [-0.3, -0.25) is 9.78 Å². The molecular weight excluding hydrogens is 264 g/mol. The van der Waals surface area contributed by atoms with Gasteiger partial charge in [-0.2, -0.15) is 0 Å². The van der Waals surface area contributed by atoms with Gasteiger partial charge in [0, 0.05) is 12.6 Å². The summed E-state index contributed by atoms with van der Waals surface area (Å²) in [6.07, 6.45) is 1.35. The number of benzene rings is 1. The molecule has 0 aliphatic carbocycles. The monoisotopic (exact) mass is 286 g/mol. The first kappa shape index (κ1) is 15.3. The molecule has 0 spiro atoms. The molecule has 0 aliphatic heterocycles. The van der Waals surface area contributed by atoms with E-state index in [1.807, 2.05) is 52.8 Å². The molecule has 0 N–H and O–H groups in total. The van der Waals surface area contributed by atoms with Gasteiger partial charge < -0.3 is 9.30 Å². The number of aryl methyl sites for hydroxylation is 2. The predicted molar refractivity (Wildman–Crippen MR) is 84.8 cm³/mol. The van der Waals surface area contributed by atoms with Crippen LogP contribution in [0.5, 0.6) is 5.75 Å². The SMILES string of the molecule is Cc1cc(OC(C)(C)C)ccc1-c1c(C)ncc(=O)n1C. The van der Waals surface area contributed by atoms with Crippen molar-refractivity contribution in [1.29, 1.82) is 0 Å². The van der Waals surface area contributed by atoms with E-state index in [0.717, 1.165) is 28.3 Å². The van der Waals surface area contributed by atoms with E-state index in [9.17, 15) is 4.79 Å². The lowest BCUT2D eigenvalue weighted by Crippen LogP contribution is -2.23. The Morgan fingerprint density at radius 1 is 1.19 bits per heavy atom. The van der Waals surface area contributed by atoms with Crippen LogP contribution in [0, 0.1) is 13.8 Å². The van der Waals surface area contributed by atoms with Crippen molar-refractivity contribution in [3.05, 3.63) is 46.0 Å². The predicted octanol–water partition coefficient (Wildman–Crippen LogP) is 3.24. The zero-order valence-electron chi connectivity index (χ0n) is 13.5. The highest BCUT2D eigenvalue weighted by Gasteiger charge is 2.15. The van der Waals surface area contributed by atoms with Crippen LogP contribution in [0.1, 0.15) is 32.0 Å². The van der Waals surface area contributed by atoms with Crippen molar-refractivity contribution in [3.8, 4) is 17.0 Å². The number of nitrogens with zero attached hydrogens (tertiary/aromatic N) is 2. The molecule has 0 amide bonds. The van der Waals surface area contributed by atoms with Crippen molar-refractivity contribution in [2.45, 2.75) is 40.2 Å². The van der Waals surface area contributed by atoms with E-state index in [4.69, 9.17) is 4.74 Å². The molecule has 0 unspecified atom stereocenters. The Kier molecular flexibility index (Phi) is 3.90. The fraction of sp³-hybridized carbons (Fsp3) is 0.412. The maximum absolute atomic E-state index is 11.8. The molecule has 4 heteroatoms. The third-order valence-corrected chi connectivity index (χ3v) is 3.25. The van der Waals surface area contributed by atoms with E-state index in [1.165, 1.54) is 6.20 Å². The number of hydrogen-bond donors (Lipinski definition) is 0. The van der Waals surface area contributed by atoms with E-state index in [0.29, 0.717) is 0 Å². The van der Waals surface area contributed by atoms with Gasteiger partial charge in [-0.25, -0.2) is 0 Å². The Morgan fingerprint density at radius 3 is 2.43 bits per heavy atom. The molecule has 0 fully saturated rings. The minimum absolute atomic E-state index is 0.106. The smallest absolute Gasteiger partial charge is 0.269 e. The maximum Gasteiger partial charge on any atom is 0.269 e. The zero-order chi connectivity index (χ0) is 15.8. The van der Waals surface area contributed by atoms with Gasteiger partial charge in [0.15, 0.2) is 0 Å². The summed E-state index contributed by atoms with van der Waals surface area (Å²) in [4.78, 5) is 16.0. The van der Waals surface area contributed by atoms with E-state index >= 15 is 0 Å². The van der Waals surface area contributed by atoms with Crippen LogP contribution in [-0.2, 0) is 7.05 Å². The Balaban J connectivity index is 2.53. The summed E-state index contributed by atoms with van der Waals surface area (Å²) in [5.74, 6) is 0.829. The molecule has 112 valence electrons. The highest BCUT2D eigenvalue weighted by Crippen LogP contribution is 2.28. The first-order valence-electron chi connectivity index (χ1n) is 7.02. The molecule has 0 radical (unpaired) electrons. The van der Waals surface area contributed by atoms with Crippen LogP contribution in [0.15, 0.2) is 29.2 Å².